The highest BCUT2D eigenvalue weighted by atomic mass is 16.5. The van der Waals surface area contributed by atoms with Gasteiger partial charge in [-0.25, -0.2) is 0 Å². The minimum Gasteiger partial charge on any atom is -0.381 e. The van der Waals surface area contributed by atoms with E-state index in [2.05, 4.69) is 26.2 Å². The van der Waals surface area contributed by atoms with Crippen LogP contribution in [0.2, 0.25) is 0 Å². The lowest BCUT2D eigenvalue weighted by atomic mass is 9.70. The van der Waals surface area contributed by atoms with Gasteiger partial charge in [-0.05, 0) is 69.2 Å². The summed E-state index contributed by atoms with van der Waals surface area (Å²) in [5.41, 5.74) is 0. The molecule has 0 aromatic heterocycles. The second-order valence-electron chi connectivity index (χ2n) is 6.76. The molecule has 18 heavy (non-hydrogen) atoms. The van der Waals surface area contributed by atoms with E-state index in [1.165, 1.54) is 38.5 Å². The highest BCUT2D eigenvalue weighted by Gasteiger charge is 2.32. The van der Waals surface area contributed by atoms with Gasteiger partial charge < -0.3 is 10.1 Å². The summed E-state index contributed by atoms with van der Waals surface area (Å²) in [5.74, 6) is 3.64. The number of ether oxygens (including phenoxy) is 1. The first-order valence-electron chi connectivity index (χ1n) is 7.95. The molecule has 106 valence electrons. The van der Waals surface area contributed by atoms with Crippen LogP contribution in [0.15, 0.2) is 0 Å². The Bertz CT molecular complexity index is 235. The van der Waals surface area contributed by atoms with E-state index < -0.39 is 0 Å². The van der Waals surface area contributed by atoms with Crippen LogP contribution in [0.1, 0.15) is 52.4 Å². The van der Waals surface area contributed by atoms with E-state index in [4.69, 9.17) is 4.74 Å². The maximum atomic E-state index is 5.49. The maximum absolute atomic E-state index is 5.49. The van der Waals surface area contributed by atoms with Crippen LogP contribution < -0.4 is 5.32 Å². The molecule has 0 radical (unpaired) electrons. The molecule has 1 heterocycles. The first-order valence-corrected chi connectivity index (χ1v) is 7.95. The molecule has 3 atom stereocenters. The summed E-state index contributed by atoms with van der Waals surface area (Å²) in [7, 11) is 2.15. The molecule has 1 aliphatic carbocycles. The maximum Gasteiger partial charge on any atom is 0.0468 e. The van der Waals surface area contributed by atoms with Crippen LogP contribution in [-0.4, -0.2) is 26.3 Å². The molecule has 1 aliphatic heterocycles. The highest BCUT2D eigenvalue weighted by Crippen LogP contribution is 2.38. The minimum atomic E-state index is 0.767. The van der Waals surface area contributed by atoms with Gasteiger partial charge in [0.25, 0.3) is 0 Å². The summed E-state index contributed by atoms with van der Waals surface area (Å²) in [4.78, 5) is 0. The zero-order valence-corrected chi connectivity index (χ0v) is 12.5. The van der Waals surface area contributed by atoms with E-state index in [0.29, 0.717) is 0 Å². The predicted octanol–water partition coefficient (Wildman–Crippen LogP) is 3.46. The fourth-order valence-electron chi connectivity index (χ4n) is 3.96. The van der Waals surface area contributed by atoms with Gasteiger partial charge in [0.1, 0.15) is 0 Å². The second-order valence-corrected chi connectivity index (χ2v) is 6.76. The van der Waals surface area contributed by atoms with Gasteiger partial charge in [0, 0.05) is 19.3 Å². The van der Waals surface area contributed by atoms with Crippen LogP contribution >= 0.6 is 0 Å². The Labute approximate surface area is 113 Å². The van der Waals surface area contributed by atoms with Gasteiger partial charge in [-0.15, -0.1) is 0 Å². The third-order valence-electron chi connectivity index (χ3n) is 5.31. The van der Waals surface area contributed by atoms with Crippen molar-refractivity contribution in [1.29, 1.82) is 0 Å². The van der Waals surface area contributed by atoms with Crippen molar-refractivity contribution < 1.29 is 4.74 Å². The van der Waals surface area contributed by atoms with Crippen molar-refractivity contribution >= 4 is 0 Å². The molecular weight excluding hydrogens is 222 g/mol. The molecule has 0 spiro atoms. The third kappa shape index (κ3) is 3.71. The topological polar surface area (TPSA) is 21.3 Å². The van der Waals surface area contributed by atoms with Gasteiger partial charge in [-0.1, -0.05) is 13.8 Å². The molecule has 2 rings (SSSR count). The molecule has 0 amide bonds. The Hall–Kier alpha value is -0.0800. The van der Waals surface area contributed by atoms with Crippen molar-refractivity contribution in [2.75, 3.05) is 20.3 Å². The van der Waals surface area contributed by atoms with Gasteiger partial charge >= 0.3 is 0 Å². The zero-order chi connectivity index (χ0) is 13.0. The zero-order valence-electron chi connectivity index (χ0n) is 12.5. The molecule has 1 saturated heterocycles. The number of hydrogen-bond donors (Lipinski definition) is 1. The Balaban J connectivity index is 1.88. The van der Waals surface area contributed by atoms with E-state index in [1.54, 1.807) is 0 Å². The Morgan fingerprint density at radius 1 is 1.11 bits per heavy atom. The van der Waals surface area contributed by atoms with E-state index >= 15 is 0 Å². The van der Waals surface area contributed by atoms with Crippen molar-refractivity contribution in [2.45, 2.75) is 58.4 Å². The van der Waals surface area contributed by atoms with Crippen LogP contribution in [0.5, 0.6) is 0 Å². The molecule has 0 aromatic carbocycles. The first-order chi connectivity index (χ1) is 8.70. The SMILES string of the molecule is CNC1CCC(C(C)C)CC1CC1CCOCC1. The average Bonchev–Trinajstić information content (AvgIpc) is 2.39. The lowest BCUT2D eigenvalue weighted by Crippen LogP contribution is -2.41. The summed E-state index contributed by atoms with van der Waals surface area (Å²) < 4.78 is 5.49. The van der Waals surface area contributed by atoms with Crippen LogP contribution in [0.3, 0.4) is 0 Å². The average molecular weight is 253 g/mol. The monoisotopic (exact) mass is 253 g/mol. The van der Waals surface area contributed by atoms with Gasteiger partial charge in [0.15, 0.2) is 0 Å². The quantitative estimate of drug-likeness (QED) is 0.828. The van der Waals surface area contributed by atoms with Crippen molar-refractivity contribution in [1.82, 2.24) is 5.32 Å². The molecule has 0 aromatic rings. The molecule has 1 saturated carbocycles. The molecule has 2 aliphatic rings. The van der Waals surface area contributed by atoms with E-state index in [0.717, 1.165) is 42.9 Å². The summed E-state index contributed by atoms with van der Waals surface area (Å²) in [6, 6.07) is 0.767. The smallest absolute Gasteiger partial charge is 0.0468 e. The molecule has 3 unspecified atom stereocenters. The normalized spacial score (nSPS) is 35.0. The number of rotatable bonds is 4. The molecule has 2 fully saturated rings. The van der Waals surface area contributed by atoms with Gasteiger partial charge in [-0.2, -0.15) is 0 Å². The van der Waals surface area contributed by atoms with Crippen molar-refractivity contribution in [3.8, 4) is 0 Å². The minimum absolute atomic E-state index is 0.767. The molecule has 0 bridgehead atoms. The number of hydrogen-bond acceptors (Lipinski definition) is 2. The Kier molecular flexibility index (Phi) is 5.50. The Morgan fingerprint density at radius 2 is 1.83 bits per heavy atom. The summed E-state index contributed by atoms with van der Waals surface area (Å²) in [6.07, 6.45) is 8.26. The highest BCUT2D eigenvalue weighted by molar-refractivity contribution is 4.86. The molecule has 2 nitrogen and oxygen atoms in total. The van der Waals surface area contributed by atoms with Crippen molar-refractivity contribution in [3.05, 3.63) is 0 Å². The van der Waals surface area contributed by atoms with E-state index in [1.807, 2.05) is 0 Å². The molecule has 1 N–H and O–H groups in total. The van der Waals surface area contributed by atoms with E-state index in [-0.39, 0.29) is 0 Å². The molecular formula is C16H31NO. The standard InChI is InChI=1S/C16H31NO/c1-12(2)14-4-5-16(17-3)15(11-14)10-13-6-8-18-9-7-13/h12-17H,4-11H2,1-3H3. The van der Waals surface area contributed by atoms with E-state index in [9.17, 15) is 0 Å². The Morgan fingerprint density at radius 3 is 2.44 bits per heavy atom. The van der Waals surface area contributed by atoms with Crippen LogP contribution in [0, 0.1) is 23.7 Å². The fraction of sp³-hybridized carbons (Fsp3) is 1.00. The molecule has 2 heteroatoms. The lowest BCUT2D eigenvalue weighted by Gasteiger charge is -2.40. The van der Waals surface area contributed by atoms with Crippen molar-refractivity contribution in [3.63, 3.8) is 0 Å². The van der Waals surface area contributed by atoms with Gasteiger partial charge in [-0.3, -0.25) is 0 Å². The van der Waals surface area contributed by atoms with Crippen molar-refractivity contribution in [2.24, 2.45) is 23.7 Å². The van der Waals surface area contributed by atoms with Gasteiger partial charge in [0.2, 0.25) is 0 Å². The van der Waals surface area contributed by atoms with Gasteiger partial charge in [0.05, 0.1) is 0 Å². The lowest BCUT2D eigenvalue weighted by molar-refractivity contribution is 0.0485. The summed E-state index contributed by atoms with van der Waals surface area (Å²) >= 11 is 0. The third-order valence-corrected chi connectivity index (χ3v) is 5.31. The largest absolute Gasteiger partial charge is 0.381 e. The summed E-state index contributed by atoms with van der Waals surface area (Å²) in [6.45, 7) is 6.79. The van der Waals surface area contributed by atoms with Crippen LogP contribution in [-0.2, 0) is 4.74 Å². The van der Waals surface area contributed by atoms with Crippen LogP contribution in [0.4, 0.5) is 0 Å². The fourth-order valence-corrected chi connectivity index (χ4v) is 3.96. The van der Waals surface area contributed by atoms with Crippen LogP contribution in [0.25, 0.3) is 0 Å². The summed E-state index contributed by atoms with van der Waals surface area (Å²) in [5, 5.41) is 3.57. The first kappa shape index (κ1) is 14.3. The predicted molar refractivity (Wildman–Crippen MR) is 76.7 cm³/mol. The number of nitrogens with one attached hydrogen (secondary N) is 1. The second kappa shape index (κ2) is 6.91.